The number of amides is 1. The van der Waals surface area contributed by atoms with Crippen molar-refractivity contribution in [1.29, 1.82) is 0 Å². The highest BCUT2D eigenvalue weighted by Gasteiger charge is 2.23. The Kier molecular flexibility index (Phi) is 6.02. The average Bonchev–Trinajstić information content (AvgIpc) is 2.84. The largest absolute Gasteiger partial charge is 0.412 e. The van der Waals surface area contributed by atoms with Gasteiger partial charge in [-0.25, -0.2) is 18.0 Å². The topological polar surface area (TPSA) is 129 Å². The molecule has 0 spiro atoms. The molecule has 20 heavy (non-hydrogen) atoms. The lowest BCUT2D eigenvalue weighted by Gasteiger charge is -1.99. The molecule has 1 aromatic rings. The molecule has 1 aromatic heterocycles. The molecule has 0 aromatic carbocycles. The van der Waals surface area contributed by atoms with Crippen LogP contribution in [0.25, 0.3) is 0 Å². The summed E-state index contributed by atoms with van der Waals surface area (Å²) in [4.78, 5) is 21.7. The van der Waals surface area contributed by atoms with E-state index in [2.05, 4.69) is 20.7 Å². The van der Waals surface area contributed by atoms with Gasteiger partial charge in [0.15, 0.2) is 0 Å². The summed E-state index contributed by atoms with van der Waals surface area (Å²) in [6.07, 6.45) is 2.01. The van der Waals surface area contributed by atoms with E-state index in [1.54, 1.807) is 0 Å². The number of unbranched alkanes of at least 4 members (excludes halogenated alkanes) is 3. The zero-order valence-electron chi connectivity index (χ0n) is 10.9. The second-order valence-corrected chi connectivity index (χ2v) is 7.22. The number of hydrogen-bond acceptors (Lipinski definition) is 8. The van der Waals surface area contributed by atoms with E-state index in [9.17, 15) is 18.0 Å². The second kappa shape index (κ2) is 7.29. The fraction of sp³-hybridized carbons (Fsp3) is 0.600. The second-order valence-electron chi connectivity index (χ2n) is 3.96. The Morgan fingerprint density at radius 3 is 2.55 bits per heavy atom. The number of carbonyl (C=O) groups is 2. The van der Waals surface area contributed by atoms with Crippen molar-refractivity contribution in [2.45, 2.75) is 36.9 Å². The predicted molar refractivity (Wildman–Crippen MR) is 71.1 cm³/mol. The first-order valence-electron chi connectivity index (χ1n) is 5.94. The molecule has 0 aliphatic rings. The van der Waals surface area contributed by atoms with Crippen LogP contribution in [-0.4, -0.2) is 36.4 Å². The number of primary amides is 1. The lowest BCUT2D eigenvalue weighted by Crippen LogP contribution is -2.18. The van der Waals surface area contributed by atoms with Gasteiger partial charge in [-0.2, -0.15) is 0 Å². The molecule has 0 aliphatic carbocycles. The molecule has 0 radical (unpaired) electrons. The first-order valence-corrected chi connectivity index (χ1v) is 8.41. The number of ether oxygens (including phenoxy) is 1. The van der Waals surface area contributed by atoms with Crippen molar-refractivity contribution in [2.75, 3.05) is 5.75 Å². The minimum Gasteiger partial charge on any atom is -0.371 e. The predicted octanol–water partition coefficient (Wildman–Crippen LogP) is 1.13. The minimum atomic E-state index is -3.56. The summed E-state index contributed by atoms with van der Waals surface area (Å²) in [5.74, 6) is -1.16. The molecule has 0 saturated carbocycles. The maximum atomic E-state index is 11.9. The highest BCUT2D eigenvalue weighted by atomic mass is 32.2. The van der Waals surface area contributed by atoms with E-state index < -0.39 is 21.9 Å². The van der Waals surface area contributed by atoms with Gasteiger partial charge >= 0.3 is 12.1 Å². The van der Waals surface area contributed by atoms with Gasteiger partial charge in [0, 0.05) is 0 Å². The maximum Gasteiger partial charge on any atom is 0.412 e. The van der Waals surface area contributed by atoms with Gasteiger partial charge in [-0.15, -0.1) is 10.2 Å². The third-order valence-electron chi connectivity index (χ3n) is 2.31. The van der Waals surface area contributed by atoms with E-state index in [-0.39, 0.29) is 15.1 Å². The number of nitrogens with zero attached hydrogens (tertiary/aromatic N) is 2. The molecular weight excluding hydrogens is 306 g/mol. The Morgan fingerprint density at radius 1 is 1.25 bits per heavy atom. The summed E-state index contributed by atoms with van der Waals surface area (Å²) in [5, 5.41) is 6.51. The summed E-state index contributed by atoms with van der Waals surface area (Å²) < 4.78 is 27.7. The van der Waals surface area contributed by atoms with Crippen LogP contribution in [0.2, 0.25) is 0 Å². The van der Waals surface area contributed by atoms with Crippen LogP contribution in [0.15, 0.2) is 4.34 Å². The molecule has 112 valence electrons. The SMILES string of the molecule is CCCCCCS(=O)(=O)c1nnc(C(=O)OC(N)=O)s1. The summed E-state index contributed by atoms with van der Waals surface area (Å²) in [7, 11) is -3.56. The van der Waals surface area contributed by atoms with Crippen LogP contribution >= 0.6 is 11.3 Å². The number of rotatable bonds is 7. The van der Waals surface area contributed by atoms with E-state index in [1.165, 1.54) is 0 Å². The van der Waals surface area contributed by atoms with Gasteiger partial charge in [0.1, 0.15) is 0 Å². The molecule has 1 amide bonds. The molecule has 8 nitrogen and oxygen atoms in total. The van der Waals surface area contributed by atoms with Gasteiger partial charge in [0.2, 0.25) is 19.2 Å². The van der Waals surface area contributed by atoms with Gasteiger partial charge in [-0.3, -0.25) is 0 Å². The van der Waals surface area contributed by atoms with Gasteiger partial charge in [-0.05, 0) is 6.42 Å². The number of nitrogens with two attached hydrogens (primary N) is 1. The number of sulfone groups is 1. The van der Waals surface area contributed by atoms with Crippen LogP contribution in [0.3, 0.4) is 0 Å². The van der Waals surface area contributed by atoms with E-state index >= 15 is 0 Å². The molecule has 0 aliphatic heterocycles. The number of aromatic nitrogens is 2. The zero-order chi connectivity index (χ0) is 15.2. The Bertz CT molecular complexity index is 581. The van der Waals surface area contributed by atoms with E-state index in [1.807, 2.05) is 6.92 Å². The minimum absolute atomic E-state index is 0.0491. The number of carbonyl (C=O) groups excluding carboxylic acids is 2. The molecule has 10 heteroatoms. The quantitative estimate of drug-likeness (QED) is 0.452. The highest BCUT2D eigenvalue weighted by molar-refractivity contribution is 7.93. The van der Waals surface area contributed by atoms with Gasteiger partial charge in [0.25, 0.3) is 0 Å². The molecule has 0 atom stereocenters. The Morgan fingerprint density at radius 2 is 1.95 bits per heavy atom. The number of esters is 1. The molecule has 0 saturated heterocycles. The van der Waals surface area contributed by atoms with Crippen LogP contribution in [-0.2, 0) is 14.6 Å². The lowest BCUT2D eigenvalue weighted by atomic mass is 10.2. The fourth-order valence-corrected chi connectivity index (χ4v) is 3.73. The first kappa shape index (κ1) is 16.5. The molecular formula is C10H15N3O5S2. The fourth-order valence-electron chi connectivity index (χ4n) is 1.36. The van der Waals surface area contributed by atoms with Crippen molar-refractivity contribution in [3.63, 3.8) is 0 Å². The third-order valence-corrected chi connectivity index (χ3v) is 5.46. The molecule has 0 unspecified atom stereocenters. The Labute approximate surface area is 120 Å². The molecule has 0 fully saturated rings. The van der Waals surface area contributed by atoms with Crippen molar-refractivity contribution < 1.29 is 22.7 Å². The highest BCUT2D eigenvalue weighted by Crippen LogP contribution is 2.19. The standard InChI is InChI=1S/C10H15N3O5S2/c1-2-3-4-5-6-20(16,17)10-13-12-7(19-10)8(14)18-9(11)15/h2-6H2,1H3,(H2,11,15). The maximum absolute atomic E-state index is 11.9. The van der Waals surface area contributed by atoms with E-state index in [0.717, 1.165) is 19.3 Å². The molecule has 2 N–H and O–H groups in total. The summed E-state index contributed by atoms with van der Waals surface area (Å²) >= 11 is 0.561. The lowest BCUT2D eigenvalue weighted by molar-refractivity contribution is 0.0637. The zero-order valence-corrected chi connectivity index (χ0v) is 12.5. The molecule has 0 bridgehead atoms. The monoisotopic (exact) mass is 321 g/mol. The van der Waals surface area contributed by atoms with Crippen LogP contribution in [0, 0.1) is 0 Å². The van der Waals surface area contributed by atoms with Crippen molar-refractivity contribution in [2.24, 2.45) is 5.73 Å². The first-order chi connectivity index (χ1) is 9.36. The van der Waals surface area contributed by atoms with Gasteiger partial charge in [-0.1, -0.05) is 37.5 Å². The van der Waals surface area contributed by atoms with Crippen molar-refractivity contribution >= 4 is 33.2 Å². The van der Waals surface area contributed by atoms with Crippen LogP contribution in [0.5, 0.6) is 0 Å². The summed E-state index contributed by atoms with van der Waals surface area (Å²) in [5.41, 5.74) is 4.67. The third kappa shape index (κ3) is 4.85. The van der Waals surface area contributed by atoms with Gasteiger partial charge in [0.05, 0.1) is 5.75 Å². The van der Waals surface area contributed by atoms with Crippen LogP contribution in [0.4, 0.5) is 4.79 Å². The number of hydrogen-bond donors (Lipinski definition) is 1. The van der Waals surface area contributed by atoms with E-state index in [4.69, 9.17) is 0 Å². The van der Waals surface area contributed by atoms with Crippen molar-refractivity contribution in [3.05, 3.63) is 5.01 Å². The van der Waals surface area contributed by atoms with Crippen molar-refractivity contribution in [3.8, 4) is 0 Å². The Hall–Kier alpha value is -1.55. The Balaban J connectivity index is 2.70. The van der Waals surface area contributed by atoms with Crippen LogP contribution < -0.4 is 5.73 Å². The summed E-state index contributed by atoms with van der Waals surface area (Å²) in [6.45, 7) is 2.02. The molecule has 1 rings (SSSR count). The summed E-state index contributed by atoms with van der Waals surface area (Å²) in [6, 6.07) is 0. The average molecular weight is 321 g/mol. The van der Waals surface area contributed by atoms with Crippen LogP contribution in [0.1, 0.15) is 42.4 Å². The van der Waals surface area contributed by atoms with Gasteiger partial charge < -0.3 is 10.5 Å². The van der Waals surface area contributed by atoms with Crippen molar-refractivity contribution in [1.82, 2.24) is 10.2 Å². The smallest absolute Gasteiger partial charge is 0.371 e. The van der Waals surface area contributed by atoms with E-state index in [0.29, 0.717) is 17.8 Å². The normalized spacial score (nSPS) is 11.2. The molecule has 1 heterocycles.